The van der Waals surface area contributed by atoms with Crippen LogP contribution in [-0.4, -0.2) is 13.4 Å². The summed E-state index contributed by atoms with van der Waals surface area (Å²) < 4.78 is 21.3. The Morgan fingerprint density at radius 2 is 2.20 bits per heavy atom. The molecule has 1 heterocycles. The second-order valence-electron chi connectivity index (χ2n) is 1.61. The van der Waals surface area contributed by atoms with E-state index in [1.165, 1.54) is 0 Å². The van der Waals surface area contributed by atoms with Crippen molar-refractivity contribution in [2.24, 2.45) is 0 Å². The third-order valence-corrected chi connectivity index (χ3v) is 3.35. The number of aromatic nitrogens is 1. The Labute approximate surface area is 68.6 Å². The maximum Gasteiger partial charge on any atom is 0.185 e. The lowest BCUT2D eigenvalue weighted by Crippen LogP contribution is -1.77. The molecule has 56 valence electrons. The van der Waals surface area contributed by atoms with E-state index in [1.807, 2.05) is 0 Å². The molecule has 0 aliphatic carbocycles. The molecule has 1 aromatic rings. The van der Waals surface area contributed by atoms with Crippen LogP contribution < -0.4 is 0 Å². The topological polar surface area (TPSA) is 47.0 Å². The SMILES string of the molecule is Cc1nc(Cl)sc1[SH](=O)=O. The van der Waals surface area contributed by atoms with Gasteiger partial charge in [0, 0.05) is 0 Å². The van der Waals surface area contributed by atoms with Crippen molar-refractivity contribution in [3.8, 4) is 0 Å². The summed E-state index contributed by atoms with van der Waals surface area (Å²) in [4.78, 5) is 3.73. The summed E-state index contributed by atoms with van der Waals surface area (Å²) in [5, 5.41) is 0. The molecule has 0 aromatic carbocycles. The molecule has 0 N–H and O–H groups in total. The maximum absolute atomic E-state index is 10.4. The third-order valence-electron chi connectivity index (χ3n) is 0.912. The Bertz CT molecular complexity index is 309. The zero-order chi connectivity index (χ0) is 7.72. The number of thiazole rings is 1. The first-order chi connectivity index (χ1) is 4.61. The van der Waals surface area contributed by atoms with Gasteiger partial charge in [0.2, 0.25) is 0 Å². The molecule has 0 aliphatic rings. The van der Waals surface area contributed by atoms with Crippen molar-refractivity contribution < 1.29 is 8.42 Å². The minimum absolute atomic E-state index is 0.250. The highest BCUT2D eigenvalue weighted by Gasteiger charge is 2.06. The average molecular weight is 198 g/mol. The second-order valence-corrected chi connectivity index (χ2v) is 4.46. The van der Waals surface area contributed by atoms with Gasteiger partial charge in [0.05, 0.1) is 5.69 Å². The lowest BCUT2D eigenvalue weighted by molar-refractivity contribution is 0.615. The van der Waals surface area contributed by atoms with Crippen LogP contribution in [-0.2, 0) is 10.7 Å². The predicted molar refractivity (Wildman–Crippen MR) is 40.4 cm³/mol. The van der Waals surface area contributed by atoms with Crippen LogP contribution in [0.4, 0.5) is 0 Å². The highest BCUT2D eigenvalue weighted by Crippen LogP contribution is 2.22. The normalized spacial score (nSPS) is 10.7. The van der Waals surface area contributed by atoms with E-state index in [-0.39, 0.29) is 8.68 Å². The average Bonchev–Trinajstić information content (AvgIpc) is 2.10. The zero-order valence-electron chi connectivity index (χ0n) is 5.00. The first-order valence-electron chi connectivity index (χ1n) is 2.38. The van der Waals surface area contributed by atoms with Gasteiger partial charge >= 0.3 is 0 Å². The van der Waals surface area contributed by atoms with Crippen molar-refractivity contribution in [2.75, 3.05) is 0 Å². The van der Waals surface area contributed by atoms with Gasteiger partial charge < -0.3 is 0 Å². The van der Waals surface area contributed by atoms with E-state index in [1.54, 1.807) is 6.92 Å². The number of nitrogens with zero attached hydrogens (tertiary/aromatic N) is 1. The lowest BCUT2D eigenvalue weighted by Gasteiger charge is -1.78. The molecule has 0 fully saturated rings. The summed E-state index contributed by atoms with van der Waals surface area (Å²) in [7, 11) is -2.52. The molecule has 3 nitrogen and oxygen atoms in total. The molecule has 0 bridgehead atoms. The van der Waals surface area contributed by atoms with Gasteiger partial charge in [-0.25, -0.2) is 13.4 Å². The molecule has 6 heteroatoms. The van der Waals surface area contributed by atoms with Crippen LogP contribution in [0.25, 0.3) is 0 Å². The molecular weight excluding hydrogens is 194 g/mol. The smallest absolute Gasteiger partial charge is 0.185 e. The monoisotopic (exact) mass is 197 g/mol. The van der Waals surface area contributed by atoms with Gasteiger partial charge in [0.15, 0.2) is 15.2 Å². The fraction of sp³-hybridized carbons (Fsp3) is 0.250. The van der Waals surface area contributed by atoms with Crippen molar-refractivity contribution in [1.82, 2.24) is 4.98 Å². The first-order valence-corrected chi connectivity index (χ1v) is 4.76. The van der Waals surface area contributed by atoms with Crippen molar-refractivity contribution in [3.63, 3.8) is 0 Å². The van der Waals surface area contributed by atoms with Crippen LogP contribution in [0.2, 0.25) is 4.47 Å². The molecule has 1 aromatic heterocycles. The van der Waals surface area contributed by atoms with Gasteiger partial charge in [-0.3, -0.25) is 0 Å². The Kier molecular flexibility index (Phi) is 2.28. The van der Waals surface area contributed by atoms with E-state index in [2.05, 4.69) is 4.98 Å². The molecule has 0 amide bonds. The number of rotatable bonds is 1. The molecule has 1 rings (SSSR count). The zero-order valence-corrected chi connectivity index (χ0v) is 7.46. The fourth-order valence-corrected chi connectivity index (χ4v) is 2.45. The molecule has 0 saturated carbocycles. The number of halogens is 1. The Morgan fingerprint density at radius 3 is 2.40 bits per heavy atom. The molecule has 0 atom stereocenters. The summed E-state index contributed by atoms with van der Waals surface area (Å²) in [6.07, 6.45) is 0. The molecule has 10 heavy (non-hydrogen) atoms. The Morgan fingerprint density at radius 1 is 1.60 bits per heavy atom. The highest BCUT2D eigenvalue weighted by atomic mass is 35.5. The summed E-state index contributed by atoms with van der Waals surface area (Å²) in [6, 6.07) is 0. The van der Waals surface area contributed by atoms with Crippen LogP contribution in [0.3, 0.4) is 0 Å². The van der Waals surface area contributed by atoms with Gasteiger partial charge in [-0.1, -0.05) is 22.9 Å². The molecule has 0 saturated heterocycles. The predicted octanol–water partition coefficient (Wildman–Crippen LogP) is 1.08. The second kappa shape index (κ2) is 2.86. The molecule has 0 unspecified atom stereocenters. The van der Waals surface area contributed by atoms with E-state index in [9.17, 15) is 8.42 Å². The molecule has 0 spiro atoms. The minimum Gasteiger partial charge on any atom is -0.229 e. The maximum atomic E-state index is 10.4. The molecular formula is C4H4ClNO2S2. The summed E-state index contributed by atoms with van der Waals surface area (Å²) in [6.45, 7) is 1.61. The number of hydrogen-bond donors (Lipinski definition) is 1. The van der Waals surface area contributed by atoms with Crippen molar-refractivity contribution in [2.45, 2.75) is 11.1 Å². The van der Waals surface area contributed by atoms with Gasteiger partial charge in [-0.15, -0.1) is 0 Å². The minimum atomic E-state index is -2.52. The lowest BCUT2D eigenvalue weighted by atomic mass is 10.6. The summed E-state index contributed by atoms with van der Waals surface area (Å²) in [5.41, 5.74) is 0.478. The number of hydrogen-bond acceptors (Lipinski definition) is 4. The third kappa shape index (κ3) is 1.47. The van der Waals surface area contributed by atoms with Crippen LogP contribution in [0.5, 0.6) is 0 Å². The number of thiol groups is 1. The van der Waals surface area contributed by atoms with E-state index in [4.69, 9.17) is 11.6 Å². The van der Waals surface area contributed by atoms with E-state index in [0.717, 1.165) is 11.3 Å². The van der Waals surface area contributed by atoms with Gasteiger partial charge in [-0.2, -0.15) is 0 Å². The van der Waals surface area contributed by atoms with E-state index < -0.39 is 10.7 Å². The Hall–Kier alpha value is -0.130. The van der Waals surface area contributed by atoms with Gasteiger partial charge in [-0.05, 0) is 6.92 Å². The quantitative estimate of drug-likeness (QED) is 0.686. The van der Waals surface area contributed by atoms with Crippen molar-refractivity contribution in [1.29, 1.82) is 0 Å². The van der Waals surface area contributed by atoms with Crippen LogP contribution >= 0.6 is 22.9 Å². The van der Waals surface area contributed by atoms with Crippen LogP contribution in [0.1, 0.15) is 5.69 Å². The largest absolute Gasteiger partial charge is 0.229 e. The van der Waals surface area contributed by atoms with Gasteiger partial charge in [0.25, 0.3) is 0 Å². The Balaban J connectivity index is 3.28. The van der Waals surface area contributed by atoms with Crippen LogP contribution in [0.15, 0.2) is 4.21 Å². The summed E-state index contributed by atoms with van der Waals surface area (Å²) >= 11 is 6.43. The first kappa shape index (κ1) is 7.97. The van der Waals surface area contributed by atoms with E-state index >= 15 is 0 Å². The van der Waals surface area contributed by atoms with Crippen LogP contribution in [0, 0.1) is 6.92 Å². The molecule has 0 aliphatic heterocycles. The highest BCUT2D eigenvalue weighted by molar-refractivity contribution is 7.75. The number of aryl methyl sites for hydroxylation is 1. The summed E-state index contributed by atoms with van der Waals surface area (Å²) in [5.74, 6) is 0. The molecule has 0 radical (unpaired) electrons. The van der Waals surface area contributed by atoms with Gasteiger partial charge in [0.1, 0.15) is 4.21 Å². The fourth-order valence-electron chi connectivity index (χ4n) is 0.526. The standard InChI is InChI=1S/C4H4ClNO2S2/c1-2-3(10(7)8)9-4(5)6-2/h10H,1H3. The van der Waals surface area contributed by atoms with Crippen molar-refractivity contribution >= 4 is 33.6 Å². The van der Waals surface area contributed by atoms with E-state index in [0.29, 0.717) is 5.69 Å². The van der Waals surface area contributed by atoms with Crippen molar-refractivity contribution in [3.05, 3.63) is 10.2 Å².